The van der Waals surface area contributed by atoms with Gasteiger partial charge in [-0.2, -0.15) is 0 Å². The Morgan fingerprint density at radius 3 is 2.58 bits per heavy atom. The molecule has 0 aliphatic heterocycles. The van der Waals surface area contributed by atoms with Crippen molar-refractivity contribution in [2.24, 2.45) is 0 Å². The number of carbonyl (C=O) groups excluding carboxylic acids is 1. The summed E-state index contributed by atoms with van der Waals surface area (Å²) in [7, 11) is 1.35. The molecule has 5 heteroatoms. The van der Waals surface area contributed by atoms with Crippen molar-refractivity contribution in [1.29, 1.82) is 0 Å². The summed E-state index contributed by atoms with van der Waals surface area (Å²) in [6.45, 7) is 0. The van der Waals surface area contributed by atoms with Gasteiger partial charge in [0.25, 0.3) is 5.91 Å². The molecule has 19 heavy (non-hydrogen) atoms. The van der Waals surface area contributed by atoms with Crippen LogP contribution in [-0.4, -0.2) is 13.0 Å². The average Bonchev–Trinajstić information content (AvgIpc) is 2.39. The zero-order valence-electron chi connectivity index (χ0n) is 10.1. The zero-order chi connectivity index (χ0) is 13.8. The summed E-state index contributed by atoms with van der Waals surface area (Å²) in [6.07, 6.45) is 0. The third-order valence-electron chi connectivity index (χ3n) is 2.50. The topological polar surface area (TPSA) is 38.3 Å². The standard InChI is InChI=1S/C14H11F2NO2/c1-19-13-6-5-11(8-12(13)16)17-14(18)9-3-2-4-10(15)7-9/h2-8H,1H3,(H,17,18). The van der Waals surface area contributed by atoms with Gasteiger partial charge < -0.3 is 10.1 Å². The van der Waals surface area contributed by atoms with Gasteiger partial charge in [0.1, 0.15) is 5.82 Å². The van der Waals surface area contributed by atoms with Crippen LogP contribution in [-0.2, 0) is 0 Å². The van der Waals surface area contributed by atoms with Gasteiger partial charge in [0.05, 0.1) is 7.11 Å². The van der Waals surface area contributed by atoms with Crippen LogP contribution in [0.4, 0.5) is 14.5 Å². The number of nitrogens with one attached hydrogen (secondary N) is 1. The van der Waals surface area contributed by atoms with E-state index >= 15 is 0 Å². The van der Waals surface area contributed by atoms with Crippen molar-refractivity contribution in [2.45, 2.75) is 0 Å². The lowest BCUT2D eigenvalue weighted by Crippen LogP contribution is -2.12. The second-order valence-corrected chi connectivity index (χ2v) is 3.81. The maximum atomic E-state index is 13.4. The third kappa shape index (κ3) is 3.07. The number of benzene rings is 2. The smallest absolute Gasteiger partial charge is 0.255 e. The highest BCUT2D eigenvalue weighted by molar-refractivity contribution is 6.04. The van der Waals surface area contributed by atoms with Crippen molar-refractivity contribution >= 4 is 11.6 Å². The van der Waals surface area contributed by atoms with Crippen LogP contribution in [0.3, 0.4) is 0 Å². The first-order valence-corrected chi connectivity index (χ1v) is 5.50. The van der Waals surface area contributed by atoms with Crippen molar-refractivity contribution in [3.63, 3.8) is 0 Å². The van der Waals surface area contributed by atoms with Gasteiger partial charge in [0, 0.05) is 17.3 Å². The molecule has 1 N–H and O–H groups in total. The fourth-order valence-corrected chi connectivity index (χ4v) is 1.58. The number of hydrogen-bond acceptors (Lipinski definition) is 2. The summed E-state index contributed by atoms with van der Waals surface area (Å²) in [5.41, 5.74) is 0.434. The molecule has 98 valence electrons. The minimum absolute atomic E-state index is 0.0868. The molecular weight excluding hydrogens is 252 g/mol. The SMILES string of the molecule is COc1ccc(NC(=O)c2cccc(F)c2)cc1F. The van der Waals surface area contributed by atoms with Crippen molar-refractivity contribution in [2.75, 3.05) is 12.4 Å². The largest absolute Gasteiger partial charge is 0.494 e. The Kier molecular flexibility index (Phi) is 3.75. The van der Waals surface area contributed by atoms with Crippen LogP contribution in [0.25, 0.3) is 0 Å². The molecule has 2 rings (SSSR count). The minimum atomic E-state index is -0.584. The molecule has 0 aliphatic rings. The van der Waals surface area contributed by atoms with Crippen molar-refractivity contribution < 1.29 is 18.3 Å². The Balaban J connectivity index is 2.17. The van der Waals surface area contributed by atoms with Gasteiger partial charge in [-0.15, -0.1) is 0 Å². The van der Waals surface area contributed by atoms with E-state index in [1.165, 1.54) is 37.4 Å². The second kappa shape index (κ2) is 5.48. The lowest BCUT2D eigenvalue weighted by atomic mass is 10.2. The molecule has 0 heterocycles. The Labute approximate surface area is 108 Å². The van der Waals surface area contributed by atoms with E-state index in [0.29, 0.717) is 0 Å². The number of carbonyl (C=O) groups is 1. The second-order valence-electron chi connectivity index (χ2n) is 3.81. The van der Waals surface area contributed by atoms with Gasteiger partial charge >= 0.3 is 0 Å². The number of methoxy groups -OCH3 is 1. The molecular formula is C14H11F2NO2. The first-order chi connectivity index (χ1) is 9.10. The number of ether oxygens (including phenoxy) is 1. The molecule has 0 saturated heterocycles. The molecule has 0 spiro atoms. The van der Waals surface area contributed by atoms with E-state index in [-0.39, 0.29) is 17.0 Å². The van der Waals surface area contributed by atoms with E-state index in [1.807, 2.05) is 0 Å². The molecule has 0 bridgehead atoms. The summed E-state index contributed by atoms with van der Waals surface area (Å²) < 4.78 is 31.2. The van der Waals surface area contributed by atoms with Crippen LogP contribution in [0.15, 0.2) is 42.5 Å². The molecule has 0 radical (unpaired) electrons. The summed E-state index contributed by atoms with van der Waals surface area (Å²) >= 11 is 0. The lowest BCUT2D eigenvalue weighted by molar-refractivity contribution is 0.102. The highest BCUT2D eigenvalue weighted by Gasteiger charge is 2.09. The number of rotatable bonds is 3. The number of halogens is 2. The molecule has 1 amide bonds. The molecule has 0 atom stereocenters. The molecule has 3 nitrogen and oxygen atoms in total. The van der Waals surface area contributed by atoms with Gasteiger partial charge in [-0.25, -0.2) is 8.78 Å². The van der Waals surface area contributed by atoms with Crippen LogP contribution < -0.4 is 10.1 Å². The Hall–Kier alpha value is -2.43. The number of hydrogen-bond donors (Lipinski definition) is 1. The molecule has 0 unspecified atom stereocenters. The molecule has 0 aromatic heterocycles. The van der Waals surface area contributed by atoms with E-state index in [4.69, 9.17) is 4.74 Å². The quantitative estimate of drug-likeness (QED) is 0.923. The zero-order valence-corrected chi connectivity index (χ0v) is 10.1. The summed E-state index contributed by atoms with van der Waals surface area (Å²) in [6, 6.07) is 9.28. The molecule has 0 fully saturated rings. The van der Waals surface area contributed by atoms with Crippen molar-refractivity contribution in [3.8, 4) is 5.75 Å². The summed E-state index contributed by atoms with van der Waals surface area (Å²) in [4.78, 5) is 11.8. The third-order valence-corrected chi connectivity index (χ3v) is 2.50. The minimum Gasteiger partial charge on any atom is -0.494 e. The molecule has 2 aromatic rings. The molecule has 0 saturated carbocycles. The lowest BCUT2D eigenvalue weighted by Gasteiger charge is -2.07. The Morgan fingerprint density at radius 1 is 1.16 bits per heavy atom. The van der Waals surface area contributed by atoms with Crippen molar-refractivity contribution in [1.82, 2.24) is 0 Å². The number of amides is 1. The van der Waals surface area contributed by atoms with Crippen LogP contribution in [0.2, 0.25) is 0 Å². The van der Waals surface area contributed by atoms with Gasteiger partial charge in [0.2, 0.25) is 0 Å². The monoisotopic (exact) mass is 263 g/mol. The maximum absolute atomic E-state index is 13.4. The van der Waals surface area contributed by atoms with Gasteiger partial charge in [-0.3, -0.25) is 4.79 Å². The average molecular weight is 263 g/mol. The molecule has 0 aliphatic carbocycles. The highest BCUT2D eigenvalue weighted by atomic mass is 19.1. The first kappa shape index (κ1) is 13.0. The van der Waals surface area contributed by atoms with Crippen molar-refractivity contribution in [3.05, 3.63) is 59.7 Å². The fraction of sp³-hybridized carbons (Fsp3) is 0.0714. The Morgan fingerprint density at radius 2 is 1.95 bits per heavy atom. The first-order valence-electron chi connectivity index (χ1n) is 5.50. The maximum Gasteiger partial charge on any atom is 0.255 e. The van der Waals surface area contributed by atoms with Crippen LogP contribution in [0.1, 0.15) is 10.4 Å². The van der Waals surface area contributed by atoms with E-state index in [2.05, 4.69) is 5.32 Å². The fourth-order valence-electron chi connectivity index (χ4n) is 1.58. The van der Waals surface area contributed by atoms with E-state index < -0.39 is 17.5 Å². The summed E-state index contributed by atoms with van der Waals surface area (Å²) in [5, 5.41) is 2.48. The predicted molar refractivity (Wildman–Crippen MR) is 67.3 cm³/mol. The van der Waals surface area contributed by atoms with Crippen LogP contribution in [0.5, 0.6) is 5.75 Å². The van der Waals surface area contributed by atoms with E-state index in [0.717, 1.165) is 12.1 Å². The Bertz CT molecular complexity index is 614. The predicted octanol–water partition coefficient (Wildman–Crippen LogP) is 3.23. The molecule has 2 aromatic carbocycles. The summed E-state index contributed by atoms with van der Waals surface area (Å²) in [5.74, 6) is -1.51. The van der Waals surface area contributed by atoms with Gasteiger partial charge in [-0.1, -0.05) is 6.07 Å². The van der Waals surface area contributed by atoms with E-state index in [1.54, 1.807) is 0 Å². The highest BCUT2D eigenvalue weighted by Crippen LogP contribution is 2.21. The van der Waals surface area contributed by atoms with Gasteiger partial charge in [-0.05, 0) is 30.3 Å². The van der Waals surface area contributed by atoms with Crippen LogP contribution >= 0.6 is 0 Å². The normalized spacial score (nSPS) is 10.1. The van der Waals surface area contributed by atoms with Crippen LogP contribution in [0, 0.1) is 11.6 Å². The van der Waals surface area contributed by atoms with E-state index in [9.17, 15) is 13.6 Å². The number of anilines is 1. The van der Waals surface area contributed by atoms with Gasteiger partial charge in [0.15, 0.2) is 11.6 Å².